The lowest BCUT2D eigenvalue weighted by atomic mass is 9.94. The number of aromatic nitrogens is 2. The van der Waals surface area contributed by atoms with Crippen LogP contribution in [0.4, 0.5) is 0 Å². The molecule has 6 nitrogen and oxygen atoms in total. The maximum atomic E-state index is 11.1. The third-order valence-corrected chi connectivity index (χ3v) is 3.29. The summed E-state index contributed by atoms with van der Waals surface area (Å²) in [6.45, 7) is 4.82. The van der Waals surface area contributed by atoms with Crippen LogP contribution in [0.2, 0.25) is 0 Å². The SMILES string of the molecule is CC(C)CC(CN)Cc1nc(CS(C)(=O)=O)no1. The Morgan fingerprint density at radius 2 is 2.06 bits per heavy atom. The van der Waals surface area contributed by atoms with E-state index in [1.807, 2.05) is 0 Å². The highest BCUT2D eigenvalue weighted by Gasteiger charge is 2.16. The lowest BCUT2D eigenvalue weighted by molar-refractivity contribution is 0.330. The Hall–Kier alpha value is -0.950. The summed E-state index contributed by atoms with van der Waals surface area (Å²) in [5.74, 6) is 1.33. The Balaban J connectivity index is 2.62. The summed E-state index contributed by atoms with van der Waals surface area (Å²) in [6, 6.07) is 0. The predicted molar refractivity (Wildman–Crippen MR) is 68.5 cm³/mol. The van der Waals surface area contributed by atoms with Crippen molar-refractivity contribution in [3.05, 3.63) is 11.7 Å². The number of sulfone groups is 1. The number of hydrogen-bond acceptors (Lipinski definition) is 6. The summed E-state index contributed by atoms with van der Waals surface area (Å²) in [7, 11) is -3.13. The van der Waals surface area contributed by atoms with Crippen LogP contribution in [0.15, 0.2) is 4.52 Å². The van der Waals surface area contributed by atoms with Gasteiger partial charge in [0.25, 0.3) is 0 Å². The van der Waals surface area contributed by atoms with Gasteiger partial charge in [0, 0.05) is 12.7 Å². The van der Waals surface area contributed by atoms with Gasteiger partial charge in [-0.05, 0) is 24.8 Å². The van der Waals surface area contributed by atoms with Crippen LogP contribution in [-0.2, 0) is 22.0 Å². The fourth-order valence-corrected chi connectivity index (χ4v) is 2.43. The summed E-state index contributed by atoms with van der Waals surface area (Å²) >= 11 is 0. The Morgan fingerprint density at radius 1 is 1.39 bits per heavy atom. The summed E-state index contributed by atoms with van der Waals surface area (Å²) < 4.78 is 27.2. The quantitative estimate of drug-likeness (QED) is 0.789. The third kappa shape index (κ3) is 5.59. The first-order chi connectivity index (χ1) is 8.30. The molecule has 1 heterocycles. The van der Waals surface area contributed by atoms with E-state index in [0.717, 1.165) is 12.7 Å². The summed E-state index contributed by atoms with van der Waals surface area (Å²) in [5.41, 5.74) is 5.69. The number of nitrogens with two attached hydrogens (primary N) is 1. The van der Waals surface area contributed by atoms with Crippen molar-refractivity contribution in [1.82, 2.24) is 10.1 Å². The fourth-order valence-electron chi connectivity index (χ4n) is 1.84. The molecule has 104 valence electrons. The van der Waals surface area contributed by atoms with Crippen LogP contribution in [0.1, 0.15) is 32.0 Å². The molecule has 0 fully saturated rings. The van der Waals surface area contributed by atoms with E-state index in [1.165, 1.54) is 0 Å². The first kappa shape index (κ1) is 15.1. The van der Waals surface area contributed by atoms with Gasteiger partial charge < -0.3 is 10.3 Å². The first-order valence-electron chi connectivity index (χ1n) is 5.99. The van der Waals surface area contributed by atoms with Crippen molar-refractivity contribution in [3.8, 4) is 0 Å². The normalized spacial score (nSPS) is 14.1. The lowest BCUT2D eigenvalue weighted by Gasteiger charge is -2.14. The molecule has 0 aliphatic heterocycles. The largest absolute Gasteiger partial charge is 0.339 e. The molecule has 18 heavy (non-hydrogen) atoms. The van der Waals surface area contributed by atoms with Crippen LogP contribution in [-0.4, -0.2) is 31.4 Å². The average Bonchev–Trinajstić information content (AvgIpc) is 2.61. The molecular weight excluding hydrogens is 254 g/mol. The molecule has 1 atom stereocenters. The first-order valence-corrected chi connectivity index (χ1v) is 8.05. The van der Waals surface area contributed by atoms with E-state index in [-0.39, 0.29) is 17.5 Å². The summed E-state index contributed by atoms with van der Waals surface area (Å²) in [5, 5.41) is 3.66. The van der Waals surface area contributed by atoms with E-state index in [0.29, 0.717) is 24.8 Å². The number of rotatable bonds is 7. The maximum absolute atomic E-state index is 11.1. The van der Waals surface area contributed by atoms with Gasteiger partial charge in [-0.25, -0.2) is 8.42 Å². The minimum absolute atomic E-state index is 0.187. The predicted octanol–water partition coefficient (Wildman–Crippen LogP) is 0.778. The molecule has 1 rings (SSSR count). The monoisotopic (exact) mass is 275 g/mol. The van der Waals surface area contributed by atoms with Gasteiger partial charge in [0.1, 0.15) is 5.75 Å². The number of hydrogen-bond donors (Lipinski definition) is 1. The highest BCUT2D eigenvalue weighted by molar-refractivity contribution is 7.89. The van der Waals surface area contributed by atoms with Gasteiger partial charge >= 0.3 is 0 Å². The molecule has 7 heteroatoms. The van der Waals surface area contributed by atoms with E-state index in [1.54, 1.807) is 0 Å². The Labute approximate surface area is 108 Å². The number of nitrogens with zero attached hydrogens (tertiary/aromatic N) is 2. The molecule has 0 spiro atoms. The van der Waals surface area contributed by atoms with Gasteiger partial charge in [0.2, 0.25) is 5.89 Å². The zero-order chi connectivity index (χ0) is 13.8. The van der Waals surface area contributed by atoms with Gasteiger partial charge in [-0.3, -0.25) is 0 Å². The Bertz CT molecular complexity index is 468. The molecule has 0 aliphatic carbocycles. The van der Waals surface area contributed by atoms with Crippen molar-refractivity contribution in [1.29, 1.82) is 0 Å². The van der Waals surface area contributed by atoms with E-state index in [4.69, 9.17) is 10.3 Å². The average molecular weight is 275 g/mol. The van der Waals surface area contributed by atoms with Gasteiger partial charge in [-0.15, -0.1) is 0 Å². The van der Waals surface area contributed by atoms with Gasteiger partial charge in [-0.1, -0.05) is 19.0 Å². The summed E-state index contributed by atoms with van der Waals surface area (Å²) in [6.07, 6.45) is 2.73. The smallest absolute Gasteiger partial charge is 0.227 e. The van der Waals surface area contributed by atoms with Gasteiger partial charge in [-0.2, -0.15) is 4.98 Å². The van der Waals surface area contributed by atoms with Crippen LogP contribution >= 0.6 is 0 Å². The van der Waals surface area contributed by atoms with Crippen molar-refractivity contribution >= 4 is 9.84 Å². The zero-order valence-corrected chi connectivity index (χ0v) is 11.9. The van der Waals surface area contributed by atoms with Crippen molar-refractivity contribution in [2.24, 2.45) is 17.6 Å². The molecule has 1 aromatic rings. The van der Waals surface area contributed by atoms with Crippen molar-refractivity contribution in [2.75, 3.05) is 12.8 Å². The van der Waals surface area contributed by atoms with Crippen LogP contribution in [0.25, 0.3) is 0 Å². The molecule has 0 aromatic carbocycles. The van der Waals surface area contributed by atoms with E-state index < -0.39 is 9.84 Å². The van der Waals surface area contributed by atoms with Gasteiger partial charge in [0.05, 0.1) is 0 Å². The molecule has 0 bridgehead atoms. The lowest BCUT2D eigenvalue weighted by Crippen LogP contribution is -2.19. The molecule has 0 saturated heterocycles. The molecule has 0 radical (unpaired) electrons. The van der Waals surface area contributed by atoms with Crippen molar-refractivity contribution in [3.63, 3.8) is 0 Å². The van der Waals surface area contributed by atoms with Crippen LogP contribution < -0.4 is 5.73 Å². The molecular formula is C11H21N3O3S. The minimum Gasteiger partial charge on any atom is -0.339 e. The molecule has 0 amide bonds. The summed E-state index contributed by atoms with van der Waals surface area (Å²) in [4.78, 5) is 4.08. The minimum atomic E-state index is -3.13. The highest BCUT2D eigenvalue weighted by atomic mass is 32.2. The van der Waals surface area contributed by atoms with E-state index >= 15 is 0 Å². The maximum Gasteiger partial charge on any atom is 0.227 e. The molecule has 1 unspecified atom stereocenters. The van der Waals surface area contributed by atoms with Gasteiger partial charge in [0.15, 0.2) is 15.7 Å². The van der Waals surface area contributed by atoms with Crippen molar-refractivity contribution < 1.29 is 12.9 Å². The highest BCUT2D eigenvalue weighted by Crippen LogP contribution is 2.15. The van der Waals surface area contributed by atoms with Crippen molar-refractivity contribution in [2.45, 2.75) is 32.4 Å². The molecule has 1 aromatic heterocycles. The molecule has 0 saturated carbocycles. The second kappa shape index (κ2) is 6.29. The Morgan fingerprint density at radius 3 is 2.56 bits per heavy atom. The molecule has 0 aliphatic rings. The topological polar surface area (TPSA) is 99.1 Å². The third-order valence-electron chi connectivity index (χ3n) is 2.50. The Kier molecular flexibility index (Phi) is 5.28. The van der Waals surface area contributed by atoms with Crippen LogP contribution in [0.5, 0.6) is 0 Å². The second-order valence-electron chi connectivity index (χ2n) is 5.11. The second-order valence-corrected chi connectivity index (χ2v) is 7.25. The van der Waals surface area contributed by atoms with E-state index in [9.17, 15) is 8.42 Å². The van der Waals surface area contributed by atoms with Crippen LogP contribution in [0.3, 0.4) is 0 Å². The van der Waals surface area contributed by atoms with E-state index in [2.05, 4.69) is 24.0 Å². The zero-order valence-electron chi connectivity index (χ0n) is 11.1. The fraction of sp³-hybridized carbons (Fsp3) is 0.818. The standard InChI is InChI=1S/C11H21N3O3S/c1-8(2)4-9(6-12)5-11-13-10(14-17-11)7-18(3,15)16/h8-9H,4-7,12H2,1-3H3. The van der Waals surface area contributed by atoms with Crippen LogP contribution in [0, 0.1) is 11.8 Å². The molecule has 2 N–H and O–H groups in total.